The van der Waals surface area contributed by atoms with Crippen LogP contribution in [0.2, 0.25) is 0 Å². The van der Waals surface area contributed by atoms with Gasteiger partial charge in [0.2, 0.25) is 15.7 Å². The topological polar surface area (TPSA) is 47.0 Å². The maximum atomic E-state index is 12.1. The summed E-state index contributed by atoms with van der Waals surface area (Å²) in [5.41, 5.74) is 1.75. The van der Waals surface area contributed by atoms with Crippen molar-refractivity contribution in [2.75, 3.05) is 0 Å². The summed E-state index contributed by atoms with van der Waals surface area (Å²) >= 11 is 10.2. The minimum Gasteiger partial charge on any atom is -0.225 e. The third-order valence-electron chi connectivity index (χ3n) is 2.06. The average Bonchev–Trinajstić information content (AvgIpc) is 2.58. The molecular formula is C9H6Br3NO2S2. The number of aromatic nitrogens is 1. The summed E-state index contributed by atoms with van der Waals surface area (Å²) in [7, 11) is -3.59. The van der Waals surface area contributed by atoms with Crippen molar-refractivity contribution in [1.82, 2.24) is 4.98 Å². The fraction of sp³-hybridized carbons (Fsp3) is 0.222. The first kappa shape index (κ1) is 13.9. The maximum absolute atomic E-state index is 12.1. The van der Waals surface area contributed by atoms with Crippen LogP contribution in [0, 0.1) is 6.92 Å². The predicted molar refractivity (Wildman–Crippen MR) is 81.1 cm³/mol. The highest BCUT2D eigenvalue weighted by atomic mass is 80.0. The van der Waals surface area contributed by atoms with Crippen LogP contribution in [0.5, 0.6) is 0 Å². The number of nitrogens with zero attached hydrogens (tertiary/aromatic N) is 1. The van der Waals surface area contributed by atoms with Crippen LogP contribution in [-0.4, -0.2) is 14.9 Å². The summed E-state index contributed by atoms with van der Waals surface area (Å²) < 4.78 is 23.8. The summed E-state index contributed by atoms with van der Waals surface area (Å²) in [6, 6.07) is 5.67. The molecule has 0 amide bonds. The fourth-order valence-corrected chi connectivity index (χ4v) is 5.75. The number of sulfone groups is 1. The second-order valence-corrected chi connectivity index (χ2v) is 15.0. The summed E-state index contributed by atoms with van der Waals surface area (Å²) in [5, 5.41) is 0. The summed E-state index contributed by atoms with van der Waals surface area (Å²) in [6.45, 7) is 1.94. The van der Waals surface area contributed by atoms with Gasteiger partial charge in [-0.1, -0.05) is 6.07 Å². The molecule has 0 bridgehead atoms. The second-order valence-electron chi connectivity index (χ2n) is 3.40. The Morgan fingerprint density at radius 1 is 1.29 bits per heavy atom. The molecule has 1 aromatic heterocycles. The highest BCUT2D eigenvalue weighted by molar-refractivity contribution is 9.42. The van der Waals surface area contributed by atoms with Crippen molar-refractivity contribution in [2.45, 2.75) is 12.7 Å². The molecule has 17 heavy (non-hydrogen) atoms. The molecule has 1 aromatic carbocycles. The molecular weight excluding hydrogens is 458 g/mol. The molecule has 8 heteroatoms. The Labute approximate surface area is 128 Å². The van der Waals surface area contributed by atoms with Crippen LogP contribution in [0.25, 0.3) is 10.2 Å². The van der Waals surface area contributed by atoms with E-state index in [0.29, 0.717) is 5.52 Å². The highest BCUT2D eigenvalue weighted by Crippen LogP contribution is 2.44. The fourth-order valence-electron chi connectivity index (χ4n) is 1.23. The largest absolute Gasteiger partial charge is 0.241 e. The van der Waals surface area contributed by atoms with E-state index >= 15 is 0 Å². The van der Waals surface area contributed by atoms with Gasteiger partial charge in [-0.25, -0.2) is 13.4 Å². The van der Waals surface area contributed by atoms with Crippen molar-refractivity contribution < 1.29 is 8.42 Å². The molecule has 0 saturated carbocycles. The van der Waals surface area contributed by atoms with E-state index in [1.54, 1.807) is 0 Å². The molecule has 0 N–H and O–H groups in total. The Morgan fingerprint density at radius 2 is 1.94 bits per heavy atom. The highest BCUT2D eigenvalue weighted by Gasteiger charge is 2.39. The van der Waals surface area contributed by atoms with Gasteiger partial charge < -0.3 is 0 Å². The number of thiazole rings is 1. The van der Waals surface area contributed by atoms with Gasteiger partial charge in [-0.3, -0.25) is 0 Å². The molecule has 0 radical (unpaired) electrons. The van der Waals surface area contributed by atoms with Crippen molar-refractivity contribution in [3.05, 3.63) is 23.8 Å². The molecule has 3 nitrogen and oxygen atoms in total. The van der Waals surface area contributed by atoms with Gasteiger partial charge in [0.05, 0.1) is 10.2 Å². The molecule has 0 aliphatic rings. The zero-order valence-corrected chi connectivity index (χ0v) is 14.8. The van der Waals surface area contributed by atoms with Gasteiger partial charge in [0, 0.05) is 0 Å². The lowest BCUT2D eigenvalue weighted by atomic mass is 10.2. The molecule has 0 aliphatic carbocycles. The SMILES string of the molecule is Cc1ccc2sc(S(=O)(=O)C(Br)(Br)Br)nc2c1. The van der Waals surface area contributed by atoms with Crippen LogP contribution in [-0.2, 0) is 9.84 Å². The molecule has 0 aliphatic heterocycles. The molecule has 1 heterocycles. The third-order valence-corrected chi connectivity index (χ3v) is 8.79. The molecule has 0 atom stereocenters. The third kappa shape index (κ3) is 2.60. The minimum atomic E-state index is -3.59. The van der Waals surface area contributed by atoms with E-state index in [1.165, 1.54) is 0 Å². The van der Waals surface area contributed by atoms with E-state index in [1.807, 2.05) is 25.1 Å². The van der Waals surface area contributed by atoms with Gasteiger partial charge in [-0.15, -0.1) is 11.3 Å². The first-order valence-electron chi connectivity index (χ1n) is 4.40. The van der Waals surface area contributed by atoms with Gasteiger partial charge in [0.1, 0.15) is 0 Å². The van der Waals surface area contributed by atoms with E-state index in [9.17, 15) is 8.42 Å². The van der Waals surface area contributed by atoms with E-state index in [-0.39, 0.29) is 4.34 Å². The van der Waals surface area contributed by atoms with Crippen molar-refractivity contribution >= 4 is 79.2 Å². The second kappa shape index (κ2) is 4.56. The normalized spacial score (nSPS) is 13.2. The van der Waals surface area contributed by atoms with Crippen LogP contribution in [0.1, 0.15) is 5.56 Å². The van der Waals surface area contributed by atoms with Crippen molar-refractivity contribution in [1.29, 1.82) is 0 Å². The summed E-state index contributed by atoms with van der Waals surface area (Å²) in [5.74, 6) is 0. The number of rotatable bonds is 1. The summed E-state index contributed by atoms with van der Waals surface area (Å²) in [4.78, 5) is 4.15. The van der Waals surface area contributed by atoms with Crippen molar-refractivity contribution in [3.63, 3.8) is 0 Å². The van der Waals surface area contributed by atoms with Gasteiger partial charge in [0.25, 0.3) is 0 Å². The molecule has 0 unspecified atom stereocenters. The molecule has 0 fully saturated rings. The Bertz CT molecular complexity index is 673. The number of hydrogen-bond acceptors (Lipinski definition) is 4. The average molecular weight is 464 g/mol. The Balaban J connectivity index is 2.66. The molecule has 0 saturated heterocycles. The zero-order valence-electron chi connectivity index (χ0n) is 8.45. The van der Waals surface area contributed by atoms with E-state index < -0.39 is 11.3 Å². The lowest BCUT2D eigenvalue weighted by Gasteiger charge is -2.09. The van der Waals surface area contributed by atoms with Gasteiger partial charge in [0.15, 0.2) is 0 Å². The van der Waals surface area contributed by atoms with Crippen molar-refractivity contribution in [3.8, 4) is 0 Å². The smallest absolute Gasteiger partial charge is 0.225 e. The van der Waals surface area contributed by atoms with E-state index in [2.05, 4.69) is 52.8 Å². The van der Waals surface area contributed by atoms with E-state index in [0.717, 1.165) is 21.6 Å². The van der Waals surface area contributed by atoms with Crippen LogP contribution < -0.4 is 0 Å². The van der Waals surface area contributed by atoms with Gasteiger partial charge in [-0.2, -0.15) is 0 Å². The van der Waals surface area contributed by atoms with Crippen LogP contribution >= 0.6 is 59.1 Å². The van der Waals surface area contributed by atoms with Crippen LogP contribution in [0.15, 0.2) is 22.5 Å². The van der Waals surface area contributed by atoms with Gasteiger partial charge in [-0.05, 0) is 72.4 Å². The molecule has 2 rings (SSSR count). The first-order chi connectivity index (χ1) is 7.72. The zero-order chi connectivity index (χ0) is 12.8. The number of aryl methyl sites for hydroxylation is 1. The lowest BCUT2D eigenvalue weighted by Crippen LogP contribution is -2.17. The molecule has 2 aromatic rings. The Morgan fingerprint density at radius 3 is 2.53 bits per heavy atom. The summed E-state index contributed by atoms with van der Waals surface area (Å²) in [6.07, 6.45) is 0. The van der Waals surface area contributed by atoms with Crippen LogP contribution in [0.4, 0.5) is 0 Å². The molecule has 92 valence electrons. The predicted octanol–water partition coefficient (Wildman–Crippen LogP) is 4.17. The number of halogens is 3. The van der Waals surface area contributed by atoms with E-state index in [4.69, 9.17) is 0 Å². The standard InChI is InChI=1S/C9H6Br3NO2S2/c1-5-2-3-7-6(4-5)13-8(16-7)17(14,15)9(10,11)12/h2-4H,1H3. The Hall–Kier alpha value is 0.500. The maximum Gasteiger partial charge on any atom is 0.241 e. The molecule has 0 spiro atoms. The quantitative estimate of drug-likeness (QED) is 0.596. The Kier molecular flexibility index (Phi) is 3.73. The number of hydrogen-bond donors (Lipinski definition) is 0. The van der Waals surface area contributed by atoms with Gasteiger partial charge >= 0.3 is 0 Å². The first-order valence-corrected chi connectivity index (χ1v) is 9.08. The monoisotopic (exact) mass is 461 g/mol. The number of alkyl halides is 3. The van der Waals surface area contributed by atoms with Crippen LogP contribution in [0.3, 0.4) is 0 Å². The number of benzene rings is 1. The lowest BCUT2D eigenvalue weighted by molar-refractivity contribution is 0.598. The minimum absolute atomic E-state index is 0.0729. The number of fused-ring (bicyclic) bond motifs is 1. The van der Waals surface area contributed by atoms with Crippen molar-refractivity contribution in [2.24, 2.45) is 0 Å².